The number of benzene rings is 1. The first-order valence-electron chi connectivity index (χ1n) is 10.6. The van der Waals surface area contributed by atoms with Crippen molar-refractivity contribution in [1.82, 2.24) is 10.2 Å². The summed E-state index contributed by atoms with van der Waals surface area (Å²) in [5, 5.41) is 2.74. The van der Waals surface area contributed by atoms with E-state index in [1.165, 1.54) is 0 Å². The van der Waals surface area contributed by atoms with E-state index in [4.69, 9.17) is 4.74 Å². The molecule has 1 aromatic rings. The van der Waals surface area contributed by atoms with Gasteiger partial charge in [-0.25, -0.2) is 0 Å². The smallest absolute Gasteiger partial charge is 0.260 e. The van der Waals surface area contributed by atoms with Crippen LogP contribution in [0.1, 0.15) is 39.5 Å². The van der Waals surface area contributed by atoms with E-state index in [0.29, 0.717) is 18.8 Å². The molecule has 2 aliphatic rings. The largest absolute Gasteiger partial charge is 0.484 e. The summed E-state index contributed by atoms with van der Waals surface area (Å²) in [7, 11) is 0. The van der Waals surface area contributed by atoms with Crippen LogP contribution in [0.15, 0.2) is 36.9 Å². The molecule has 1 N–H and O–H groups in total. The molecule has 0 aliphatic carbocycles. The lowest BCUT2D eigenvalue weighted by Gasteiger charge is -2.38. The molecule has 0 unspecified atom stereocenters. The van der Waals surface area contributed by atoms with Gasteiger partial charge in [0.05, 0.1) is 5.92 Å². The topological polar surface area (TPSA) is 79.0 Å². The lowest BCUT2D eigenvalue weighted by atomic mass is 9.97. The number of anilines is 1. The van der Waals surface area contributed by atoms with Gasteiger partial charge in [0.15, 0.2) is 6.61 Å². The zero-order chi connectivity index (χ0) is 21.7. The maximum absolute atomic E-state index is 12.6. The normalized spacial score (nSPS) is 23.9. The van der Waals surface area contributed by atoms with Crippen molar-refractivity contribution in [3.05, 3.63) is 36.9 Å². The average molecular weight is 414 g/mol. The second-order valence-corrected chi connectivity index (χ2v) is 8.15. The van der Waals surface area contributed by atoms with E-state index in [9.17, 15) is 14.4 Å². The van der Waals surface area contributed by atoms with Crippen LogP contribution in [0.4, 0.5) is 5.69 Å². The van der Waals surface area contributed by atoms with Gasteiger partial charge in [0.25, 0.3) is 5.91 Å². The van der Waals surface area contributed by atoms with Gasteiger partial charge in [-0.2, -0.15) is 0 Å². The van der Waals surface area contributed by atoms with Crippen molar-refractivity contribution in [3.63, 3.8) is 0 Å². The first-order valence-corrected chi connectivity index (χ1v) is 10.6. The Morgan fingerprint density at radius 1 is 1.20 bits per heavy atom. The number of hydrogen-bond donors (Lipinski definition) is 1. The monoisotopic (exact) mass is 413 g/mol. The first kappa shape index (κ1) is 21.9. The van der Waals surface area contributed by atoms with Crippen LogP contribution in [0.3, 0.4) is 0 Å². The van der Waals surface area contributed by atoms with Gasteiger partial charge in [-0.1, -0.05) is 6.08 Å². The molecule has 3 amide bonds. The molecule has 162 valence electrons. The number of rotatable bonds is 7. The second kappa shape index (κ2) is 9.78. The second-order valence-electron chi connectivity index (χ2n) is 8.15. The number of carbonyl (C=O) groups is 3. The van der Waals surface area contributed by atoms with Crippen LogP contribution in [0.5, 0.6) is 5.75 Å². The fourth-order valence-corrected chi connectivity index (χ4v) is 4.30. The van der Waals surface area contributed by atoms with Gasteiger partial charge in [0, 0.05) is 37.3 Å². The van der Waals surface area contributed by atoms with Crippen LogP contribution in [0, 0.1) is 5.92 Å². The molecule has 2 aliphatic heterocycles. The Labute approximate surface area is 178 Å². The fourth-order valence-electron chi connectivity index (χ4n) is 4.30. The van der Waals surface area contributed by atoms with Gasteiger partial charge < -0.3 is 19.9 Å². The molecule has 0 bridgehead atoms. The van der Waals surface area contributed by atoms with E-state index in [0.717, 1.165) is 24.9 Å². The summed E-state index contributed by atoms with van der Waals surface area (Å²) in [4.78, 5) is 40.6. The number of hydrogen-bond acceptors (Lipinski definition) is 4. The minimum absolute atomic E-state index is 0.00174. The highest BCUT2D eigenvalue weighted by molar-refractivity contribution is 6.00. The third kappa shape index (κ3) is 5.01. The Balaban J connectivity index is 1.55. The molecule has 30 heavy (non-hydrogen) atoms. The van der Waals surface area contributed by atoms with Gasteiger partial charge in [0.1, 0.15) is 5.75 Å². The van der Waals surface area contributed by atoms with Crippen LogP contribution >= 0.6 is 0 Å². The van der Waals surface area contributed by atoms with E-state index >= 15 is 0 Å². The Morgan fingerprint density at radius 2 is 1.87 bits per heavy atom. The molecule has 3 rings (SSSR count). The van der Waals surface area contributed by atoms with E-state index in [1.54, 1.807) is 35.2 Å². The van der Waals surface area contributed by atoms with Crippen LogP contribution < -0.4 is 15.0 Å². The highest BCUT2D eigenvalue weighted by Crippen LogP contribution is 2.27. The molecule has 1 aromatic carbocycles. The molecular formula is C23H31N3O4. The number of amides is 3. The van der Waals surface area contributed by atoms with Crippen LogP contribution in [-0.2, 0) is 14.4 Å². The summed E-state index contributed by atoms with van der Waals surface area (Å²) >= 11 is 0. The summed E-state index contributed by atoms with van der Waals surface area (Å²) in [5.41, 5.74) is 0.718. The number of nitrogens with zero attached hydrogens (tertiary/aromatic N) is 2. The van der Waals surface area contributed by atoms with Gasteiger partial charge in [-0.15, -0.1) is 6.58 Å². The van der Waals surface area contributed by atoms with E-state index < -0.39 is 0 Å². The lowest BCUT2D eigenvalue weighted by molar-refractivity contribution is -0.139. The first-order chi connectivity index (χ1) is 14.4. The fraction of sp³-hybridized carbons (Fsp3) is 0.522. The SMILES string of the molecule is C=CCNC(=O)[C@H]1CC(=O)N(c2ccc(OCC(=O)N3[C@H](C)CCC[C@@H]3C)cc2)C1. The van der Waals surface area contributed by atoms with Crippen molar-refractivity contribution in [2.24, 2.45) is 5.92 Å². The van der Waals surface area contributed by atoms with Gasteiger partial charge in [-0.05, 0) is 57.4 Å². The van der Waals surface area contributed by atoms with Crippen LogP contribution in [-0.4, -0.2) is 54.4 Å². The third-order valence-corrected chi connectivity index (χ3v) is 5.91. The minimum atomic E-state index is -0.362. The standard InChI is InChI=1S/C23H31N3O4/c1-4-12-24-23(29)18-13-21(27)25(14-18)19-8-10-20(11-9-19)30-15-22(28)26-16(2)6-5-7-17(26)3/h4,8-11,16-18H,1,5-7,12-15H2,2-3H3,(H,24,29)/t16-,17+,18-/m0/s1. The Hall–Kier alpha value is -2.83. The van der Waals surface area contributed by atoms with E-state index in [-0.39, 0.29) is 48.8 Å². The number of piperidine rings is 1. The predicted octanol–water partition coefficient (Wildman–Crippen LogP) is 2.51. The van der Waals surface area contributed by atoms with Gasteiger partial charge >= 0.3 is 0 Å². The molecule has 7 heteroatoms. The molecule has 0 spiro atoms. The highest BCUT2D eigenvalue weighted by atomic mass is 16.5. The maximum atomic E-state index is 12.6. The number of likely N-dealkylation sites (tertiary alicyclic amines) is 1. The third-order valence-electron chi connectivity index (χ3n) is 5.91. The number of ether oxygens (including phenoxy) is 1. The summed E-state index contributed by atoms with van der Waals surface area (Å²) in [6.07, 6.45) is 5.02. The summed E-state index contributed by atoms with van der Waals surface area (Å²) < 4.78 is 5.70. The number of nitrogens with one attached hydrogen (secondary N) is 1. The zero-order valence-electron chi connectivity index (χ0n) is 17.8. The van der Waals surface area contributed by atoms with E-state index in [2.05, 4.69) is 25.7 Å². The molecule has 2 saturated heterocycles. The van der Waals surface area contributed by atoms with Crippen molar-refractivity contribution in [3.8, 4) is 5.75 Å². The molecule has 7 nitrogen and oxygen atoms in total. The number of carbonyl (C=O) groups excluding carboxylic acids is 3. The summed E-state index contributed by atoms with van der Waals surface area (Å²) in [6, 6.07) is 7.56. The van der Waals surface area contributed by atoms with E-state index in [1.807, 2.05) is 4.90 Å². The molecular weight excluding hydrogens is 382 g/mol. The van der Waals surface area contributed by atoms with Crippen molar-refractivity contribution in [1.29, 1.82) is 0 Å². The molecule has 0 radical (unpaired) electrons. The quantitative estimate of drug-likeness (QED) is 0.697. The van der Waals surface area contributed by atoms with Gasteiger partial charge in [0.2, 0.25) is 11.8 Å². The maximum Gasteiger partial charge on any atom is 0.260 e. The highest BCUT2D eigenvalue weighted by Gasteiger charge is 2.35. The van der Waals surface area contributed by atoms with Crippen molar-refractivity contribution < 1.29 is 19.1 Å². The Kier molecular flexibility index (Phi) is 7.13. The Bertz CT molecular complexity index is 782. The predicted molar refractivity (Wildman–Crippen MR) is 115 cm³/mol. The lowest BCUT2D eigenvalue weighted by Crippen LogP contribution is -2.49. The van der Waals surface area contributed by atoms with Crippen LogP contribution in [0.25, 0.3) is 0 Å². The Morgan fingerprint density at radius 3 is 2.50 bits per heavy atom. The van der Waals surface area contributed by atoms with Gasteiger partial charge in [-0.3, -0.25) is 14.4 Å². The van der Waals surface area contributed by atoms with Crippen molar-refractivity contribution >= 4 is 23.4 Å². The molecule has 0 aromatic heterocycles. The van der Waals surface area contributed by atoms with Crippen molar-refractivity contribution in [2.45, 2.75) is 51.6 Å². The molecule has 3 atom stereocenters. The van der Waals surface area contributed by atoms with Crippen molar-refractivity contribution in [2.75, 3.05) is 24.6 Å². The molecule has 2 heterocycles. The molecule has 0 saturated carbocycles. The average Bonchev–Trinajstić information content (AvgIpc) is 3.12. The van der Waals surface area contributed by atoms with Crippen LogP contribution in [0.2, 0.25) is 0 Å². The minimum Gasteiger partial charge on any atom is -0.484 e. The molecule has 2 fully saturated rings. The summed E-state index contributed by atoms with van der Waals surface area (Å²) in [6.45, 7) is 8.49. The zero-order valence-corrected chi connectivity index (χ0v) is 17.8. The summed E-state index contributed by atoms with van der Waals surface area (Å²) in [5.74, 6) is 0.00814.